The number of carbonyl (C=O) groups excluding carboxylic acids is 3. The lowest BCUT2D eigenvalue weighted by Crippen LogP contribution is -2.55. The van der Waals surface area contributed by atoms with Gasteiger partial charge in [0.2, 0.25) is 11.8 Å². The van der Waals surface area contributed by atoms with Gasteiger partial charge in [-0.15, -0.1) is 6.58 Å². The molecule has 190 valence electrons. The summed E-state index contributed by atoms with van der Waals surface area (Å²) in [6.45, 7) is 16.6. The number of benzene rings is 1. The first-order valence-corrected chi connectivity index (χ1v) is 11.8. The molecule has 3 amide bonds. The van der Waals surface area contributed by atoms with Crippen LogP contribution in [0.25, 0.3) is 0 Å². The maximum atomic E-state index is 13.8. The highest BCUT2D eigenvalue weighted by molar-refractivity contribution is 5.92. The molecular formula is C26H41N3O5. The SMILES string of the molecule is C=CCN(C(=O)C(NC(=O)OC(C)(C)C)C(C)C)C(C(=O)NC(C)CCC)c1ccc(O)cc1. The molecule has 3 N–H and O–H groups in total. The molecule has 0 aliphatic rings. The fourth-order valence-electron chi connectivity index (χ4n) is 3.54. The molecule has 0 heterocycles. The van der Waals surface area contributed by atoms with Crippen LogP contribution in [0.2, 0.25) is 0 Å². The Morgan fingerprint density at radius 3 is 2.18 bits per heavy atom. The van der Waals surface area contributed by atoms with Gasteiger partial charge in [-0.3, -0.25) is 9.59 Å². The van der Waals surface area contributed by atoms with E-state index in [1.54, 1.807) is 39.0 Å². The van der Waals surface area contributed by atoms with Gasteiger partial charge < -0.3 is 25.4 Å². The molecule has 0 spiro atoms. The molecule has 8 heteroatoms. The summed E-state index contributed by atoms with van der Waals surface area (Å²) in [6.07, 6.45) is 2.52. The van der Waals surface area contributed by atoms with Gasteiger partial charge in [-0.1, -0.05) is 45.4 Å². The van der Waals surface area contributed by atoms with Crippen molar-refractivity contribution >= 4 is 17.9 Å². The Balaban J connectivity index is 3.39. The van der Waals surface area contributed by atoms with Crippen molar-refractivity contribution in [3.63, 3.8) is 0 Å². The monoisotopic (exact) mass is 475 g/mol. The third kappa shape index (κ3) is 9.08. The maximum absolute atomic E-state index is 13.8. The number of amides is 3. The number of phenolic OH excluding ortho intramolecular Hbond substituents is 1. The van der Waals surface area contributed by atoms with Gasteiger partial charge in [0.25, 0.3) is 0 Å². The van der Waals surface area contributed by atoms with Crippen LogP contribution in [0, 0.1) is 5.92 Å². The van der Waals surface area contributed by atoms with Crippen LogP contribution in [-0.2, 0) is 14.3 Å². The predicted molar refractivity (Wildman–Crippen MR) is 133 cm³/mol. The minimum atomic E-state index is -0.980. The number of nitrogens with zero attached hydrogens (tertiary/aromatic N) is 1. The summed E-state index contributed by atoms with van der Waals surface area (Å²) in [4.78, 5) is 41.0. The molecule has 3 atom stereocenters. The standard InChI is InChI=1S/C26H41N3O5/c1-9-11-18(5)27-23(31)22(19-12-14-20(30)15-13-19)29(16-10-2)24(32)21(17(3)4)28-25(33)34-26(6,7)8/h10,12-15,17-18,21-22,30H,2,9,11,16H2,1,3-8H3,(H,27,31)(H,28,33). The number of alkyl carbamates (subject to hydrolysis) is 1. The van der Waals surface area contributed by atoms with Crippen molar-refractivity contribution < 1.29 is 24.2 Å². The minimum absolute atomic E-state index is 0.0514. The summed E-state index contributed by atoms with van der Waals surface area (Å²) >= 11 is 0. The number of rotatable bonds is 11. The predicted octanol–water partition coefficient (Wildman–Crippen LogP) is 4.30. The Morgan fingerprint density at radius 2 is 1.71 bits per heavy atom. The van der Waals surface area contributed by atoms with Gasteiger partial charge in [0.05, 0.1) is 0 Å². The zero-order valence-electron chi connectivity index (χ0n) is 21.6. The Hall–Kier alpha value is -3.03. The number of nitrogens with one attached hydrogen (secondary N) is 2. The number of aromatic hydroxyl groups is 1. The van der Waals surface area contributed by atoms with Crippen LogP contribution >= 0.6 is 0 Å². The highest BCUT2D eigenvalue weighted by Gasteiger charge is 2.37. The molecule has 0 saturated heterocycles. The average molecular weight is 476 g/mol. The lowest BCUT2D eigenvalue weighted by atomic mass is 9.98. The van der Waals surface area contributed by atoms with Crippen molar-refractivity contribution in [2.45, 2.75) is 85.0 Å². The molecule has 8 nitrogen and oxygen atoms in total. The molecule has 0 saturated carbocycles. The molecule has 0 radical (unpaired) electrons. The van der Waals surface area contributed by atoms with Crippen molar-refractivity contribution in [2.24, 2.45) is 5.92 Å². The number of phenols is 1. The highest BCUT2D eigenvalue weighted by atomic mass is 16.6. The Labute approximate surface area is 203 Å². The van der Waals surface area contributed by atoms with Crippen molar-refractivity contribution in [3.8, 4) is 5.75 Å². The average Bonchev–Trinajstić information content (AvgIpc) is 2.71. The molecule has 3 unspecified atom stereocenters. The fourth-order valence-corrected chi connectivity index (χ4v) is 3.54. The van der Waals surface area contributed by atoms with E-state index in [1.165, 1.54) is 17.0 Å². The zero-order valence-corrected chi connectivity index (χ0v) is 21.6. The number of carbonyl (C=O) groups is 3. The first kappa shape index (κ1) is 29.0. The molecule has 0 aliphatic carbocycles. The largest absolute Gasteiger partial charge is 0.508 e. The molecule has 34 heavy (non-hydrogen) atoms. The molecule has 0 aliphatic heterocycles. The first-order valence-electron chi connectivity index (χ1n) is 11.8. The number of hydrogen-bond donors (Lipinski definition) is 3. The highest BCUT2D eigenvalue weighted by Crippen LogP contribution is 2.26. The van der Waals surface area contributed by atoms with E-state index in [2.05, 4.69) is 17.2 Å². The van der Waals surface area contributed by atoms with Crippen LogP contribution in [0.3, 0.4) is 0 Å². The van der Waals surface area contributed by atoms with Crippen LogP contribution in [0.5, 0.6) is 5.75 Å². The second-order valence-electron chi connectivity index (χ2n) is 9.84. The first-order chi connectivity index (χ1) is 15.8. The van der Waals surface area contributed by atoms with Crippen molar-refractivity contribution in [1.29, 1.82) is 0 Å². The van der Waals surface area contributed by atoms with Gasteiger partial charge in [-0.05, 0) is 57.7 Å². The molecular weight excluding hydrogens is 434 g/mol. The van der Waals surface area contributed by atoms with Crippen molar-refractivity contribution in [2.75, 3.05) is 6.54 Å². The van der Waals surface area contributed by atoms with Gasteiger partial charge in [0.1, 0.15) is 23.4 Å². The van der Waals surface area contributed by atoms with E-state index in [9.17, 15) is 19.5 Å². The van der Waals surface area contributed by atoms with Crippen LogP contribution in [0.4, 0.5) is 4.79 Å². The molecule has 1 aromatic carbocycles. The summed E-state index contributed by atoms with van der Waals surface area (Å²) in [5.41, 5.74) is -0.187. The van der Waals surface area contributed by atoms with Crippen LogP contribution < -0.4 is 10.6 Å². The summed E-state index contributed by atoms with van der Waals surface area (Å²) in [6, 6.07) is 4.18. The minimum Gasteiger partial charge on any atom is -0.508 e. The van der Waals surface area contributed by atoms with Crippen LogP contribution in [-0.4, -0.2) is 52.1 Å². The number of hydrogen-bond acceptors (Lipinski definition) is 5. The summed E-state index contributed by atoms with van der Waals surface area (Å²) in [5.74, 6) is -0.996. The molecule has 0 fully saturated rings. The molecule has 1 rings (SSSR count). The molecule has 0 aromatic heterocycles. The van der Waals surface area contributed by atoms with E-state index < -0.39 is 29.7 Å². The third-order valence-corrected chi connectivity index (χ3v) is 5.09. The number of ether oxygens (including phenoxy) is 1. The zero-order chi connectivity index (χ0) is 26.1. The quantitative estimate of drug-likeness (QED) is 0.414. The van der Waals surface area contributed by atoms with Crippen molar-refractivity contribution in [3.05, 3.63) is 42.5 Å². The van der Waals surface area contributed by atoms with E-state index >= 15 is 0 Å². The van der Waals surface area contributed by atoms with E-state index in [-0.39, 0.29) is 30.2 Å². The Kier molecular flexibility index (Phi) is 11.1. The van der Waals surface area contributed by atoms with Gasteiger partial charge in [0, 0.05) is 12.6 Å². The lowest BCUT2D eigenvalue weighted by molar-refractivity contribution is -0.142. The summed E-state index contributed by atoms with van der Waals surface area (Å²) in [7, 11) is 0. The Morgan fingerprint density at radius 1 is 1.12 bits per heavy atom. The van der Waals surface area contributed by atoms with E-state index in [0.717, 1.165) is 12.8 Å². The van der Waals surface area contributed by atoms with E-state index in [1.807, 2.05) is 27.7 Å². The summed E-state index contributed by atoms with van der Waals surface area (Å²) in [5, 5.41) is 15.4. The fraction of sp³-hybridized carbons (Fsp3) is 0.577. The maximum Gasteiger partial charge on any atom is 0.408 e. The van der Waals surface area contributed by atoms with E-state index in [0.29, 0.717) is 5.56 Å². The molecule has 0 bridgehead atoms. The summed E-state index contributed by atoms with van der Waals surface area (Å²) < 4.78 is 5.35. The van der Waals surface area contributed by atoms with Crippen LogP contribution in [0.1, 0.15) is 72.9 Å². The third-order valence-electron chi connectivity index (χ3n) is 5.09. The van der Waals surface area contributed by atoms with Gasteiger partial charge in [-0.2, -0.15) is 0 Å². The normalized spacial score (nSPS) is 14.0. The topological polar surface area (TPSA) is 108 Å². The molecule has 1 aromatic rings. The Bertz CT molecular complexity index is 830. The second kappa shape index (κ2) is 13.0. The van der Waals surface area contributed by atoms with Gasteiger partial charge in [0.15, 0.2) is 0 Å². The lowest BCUT2D eigenvalue weighted by Gasteiger charge is -2.35. The van der Waals surface area contributed by atoms with Gasteiger partial charge >= 0.3 is 6.09 Å². The van der Waals surface area contributed by atoms with Crippen molar-refractivity contribution in [1.82, 2.24) is 15.5 Å². The van der Waals surface area contributed by atoms with Gasteiger partial charge in [-0.25, -0.2) is 4.79 Å². The van der Waals surface area contributed by atoms with E-state index in [4.69, 9.17) is 4.74 Å². The second-order valence-corrected chi connectivity index (χ2v) is 9.84. The smallest absolute Gasteiger partial charge is 0.408 e. The van der Waals surface area contributed by atoms with Crippen LogP contribution in [0.15, 0.2) is 36.9 Å².